The smallest absolute Gasteiger partial charge is 0.128 e. The maximum atomic E-state index is 5.61. The van der Waals surface area contributed by atoms with E-state index >= 15 is 0 Å². The van der Waals surface area contributed by atoms with Crippen LogP contribution in [0.25, 0.3) is 35.2 Å². The molecular formula is C26H28N4O. The highest BCUT2D eigenvalue weighted by atomic mass is 16.5. The minimum Gasteiger partial charge on any atom is -0.496 e. The Morgan fingerprint density at radius 3 is 2.61 bits per heavy atom. The van der Waals surface area contributed by atoms with Gasteiger partial charge in [0.25, 0.3) is 0 Å². The van der Waals surface area contributed by atoms with E-state index in [4.69, 9.17) is 4.74 Å². The second-order valence-electron chi connectivity index (χ2n) is 7.34. The molecule has 5 heteroatoms. The van der Waals surface area contributed by atoms with Gasteiger partial charge in [-0.25, -0.2) is 0 Å². The van der Waals surface area contributed by atoms with Crippen molar-refractivity contribution in [3.05, 3.63) is 77.2 Å². The van der Waals surface area contributed by atoms with Gasteiger partial charge in [0.15, 0.2) is 0 Å². The van der Waals surface area contributed by atoms with Gasteiger partial charge in [0.2, 0.25) is 0 Å². The van der Waals surface area contributed by atoms with E-state index in [-0.39, 0.29) is 0 Å². The monoisotopic (exact) mass is 412 g/mol. The predicted molar refractivity (Wildman–Crippen MR) is 131 cm³/mol. The van der Waals surface area contributed by atoms with Gasteiger partial charge in [-0.3, -0.25) is 5.10 Å². The van der Waals surface area contributed by atoms with Gasteiger partial charge in [-0.2, -0.15) is 5.10 Å². The average molecular weight is 413 g/mol. The van der Waals surface area contributed by atoms with Crippen LogP contribution < -0.4 is 9.64 Å². The number of aromatic amines is 2. The Balaban J connectivity index is 1.48. The predicted octanol–water partition coefficient (Wildman–Crippen LogP) is 6.09. The van der Waals surface area contributed by atoms with E-state index in [1.54, 1.807) is 7.11 Å². The molecule has 2 N–H and O–H groups in total. The highest BCUT2D eigenvalue weighted by molar-refractivity contribution is 5.83. The molecule has 0 aliphatic rings. The molecule has 0 bridgehead atoms. The second-order valence-corrected chi connectivity index (χ2v) is 7.34. The second kappa shape index (κ2) is 9.39. The number of nitrogens with zero attached hydrogens (tertiary/aromatic N) is 2. The van der Waals surface area contributed by atoms with E-state index < -0.39 is 0 Å². The van der Waals surface area contributed by atoms with Gasteiger partial charge < -0.3 is 14.6 Å². The average Bonchev–Trinajstić information content (AvgIpc) is 3.46. The van der Waals surface area contributed by atoms with Crippen LogP contribution in [0.15, 0.2) is 54.7 Å². The fourth-order valence-electron chi connectivity index (χ4n) is 3.68. The van der Waals surface area contributed by atoms with Gasteiger partial charge in [0, 0.05) is 42.1 Å². The van der Waals surface area contributed by atoms with Gasteiger partial charge >= 0.3 is 0 Å². The van der Waals surface area contributed by atoms with E-state index in [9.17, 15) is 0 Å². The lowest BCUT2D eigenvalue weighted by Crippen LogP contribution is -2.21. The maximum Gasteiger partial charge on any atom is 0.128 e. The third-order valence-electron chi connectivity index (χ3n) is 5.43. The molecular weight excluding hydrogens is 384 g/mol. The number of methoxy groups -OCH3 is 1. The van der Waals surface area contributed by atoms with E-state index in [1.807, 2.05) is 30.5 Å². The van der Waals surface area contributed by atoms with Crippen molar-refractivity contribution in [2.24, 2.45) is 0 Å². The topological polar surface area (TPSA) is 56.9 Å². The molecule has 0 spiro atoms. The zero-order chi connectivity index (χ0) is 21.6. The summed E-state index contributed by atoms with van der Waals surface area (Å²) in [5.74, 6) is 0.857. The van der Waals surface area contributed by atoms with Gasteiger partial charge in [-0.15, -0.1) is 0 Å². The van der Waals surface area contributed by atoms with Crippen molar-refractivity contribution in [2.75, 3.05) is 25.1 Å². The summed E-state index contributed by atoms with van der Waals surface area (Å²) in [6.45, 7) is 6.26. The quantitative estimate of drug-likeness (QED) is 0.368. The van der Waals surface area contributed by atoms with Crippen LogP contribution in [-0.2, 0) is 0 Å². The number of H-pyrrole nitrogens is 2. The van der Waals surface area contributed by atoms with Gasteiger partial charge in [-0.1, -0.05) is 18.2 Å². The number of hydrogen-bond donors (Lipinski definition) is 2. The molecule has 2 aromatic heterocycles. The number of anilines is 1. The zero-order valence-corrected chi connectivity index (χ0v) is 18.2. The van der Waals surface area contributed by atoms with E-state index in [2.05, 4.69) is 82.5 Å². The van der Waals surface area contributed by atoms with Crippen molar-refractivity contribution in [1.29, 1.82) is 0 Å². The molecule has 0 aliphatic carbocycles. The molecule has 0 unspecified atom stereocenters. The minimum atomic E-state index is 0.857. The van der Waals surface area contributed by atoms with Crippen LogP contribution in [0, 0.1) is 0 Å². The molecule has 5 nitrogen and oxygen atoms in total. The molecule has 0 saturated heterocycles. The van der Waals surface area contributed by atoms with Crippen LogP contribution in [-0.4, -0.2) is 35.4 Å². The third-order valence-corrected chi connectivity index (χ3v) is 5.43. The summed E-state index contributed by atoms with van der Waals surface area (Å²) in [6.07, 6.45) is 10.1. The van der Waals surface area contributed by atoms with Crippen LogP contribution in [0.4, 0.5) is 5.69 Å². The first-order valence-corrected chi connectivity index (χ1v) is 10.6. The largest absolute Gasteiger partial charge is 0.496 e. The van der Waals surface area contributed by atoms with E-state index in [1.165, 1.54) is 11.1 Å². The van der Waals surface area contributed by atoms with Crippen molar-refractivity contribution in [3.8, 4) is 5.75 Å². The molecule has 31 heavy (non-hydrogen) atoms. The van der Waals surface area contributed by atoms with E-state index in [0.29, 0.717) is 0 Å². The summed E-state index contributed by atoms with van der Waals surface area (Å²) in [5, 5.41) is 8.69. The molecule has 0 atom stereocenters. The fraction of sp³-hybridized carbons (Fsp3) is 0.192. The van der Waals surface area contributed by atoms with Gasteiger partial charge in [0.1, 0.15) is 5.75 Å². The molecule has 158 valence electrons. The summed E-state index contributed by atoms with van der Waals surface area (Å²) >= 11 is 0. The van der Waals surface area contributed by atoms with Crippen molar-refractivity contribution in [1.82, 2.24) is 15.2 Å². The number of fused-ring (bicyclic) bond motifs is 1. The fourth-order valence-corrected chi connectivity index (χ4v) is 3.68. The standard InChI is InChI=1S/C26H28N4O/c1-4-30(5-2)24-13-10-21(26(18-24)31-3)9-12-23-17-22(28-29-23)11-7-19-6-8-20-14-15-27-25(20)16-19/h6-18,27H,4-5H2,1-3H3,(H,28,29)/b11-7+,12-9+. The molecule has 0 aliphatic heterocycles. The number of hydrogen-bond acceptors (Lipinski definition) is 3. The first-order chi connectivity index (χ1) is 15.2. The highest BCUT2D eigenvalue weighted by Crippen LogP contribution is 2.27. The van der Waals surface area contributed by atoms with Crippen LogP contribution >= 0.6 is 0 Å². The molecule has 2 heterocycles. The Labute approximate surface area is 183 Å². The van der Waals surface area contributed by atoms with Crippen LogP contribution in [0.1, 0.15) is 36.4 Å². The minimum absolute atomic E-state index is 0.857. The van der Waals surface area contributed by atoms with Crippen LogP contribution in [0.2, 0.25) is 0 Å². The summed E-state index contributed by atoms with van der Waals surface area (Å²) in [6, 6.07) is 16.8. The van der Waals surface area contributed by atoms with Crippen LogP contribution in [0.5, 0.6) is 5.75 Å². The Bertz CT molecular complexity index is 1210. The van der Waals surface area contributed by atoms with Gasteiger partial charge in [0.05, 0.1) is 18.5 Å². The first kappa shape index (κ1) is 20.5. The summed E-state index contributed by atoms with van der Waals surface area (Å²) in [4.78, 5) is 5.55. The SMILES string of the molecule is CCN(CC)c1ccc(/C=C/c2cc(/C=C/c3ccc4cc[nH]c4c3)[nH]n2)c(OC)c1. The zero-order valence-electron chi connectivity index (χ0n) is 18.2. The van der Waals surface area contributed by atoms with Crippen molar-refractivity contribution >= 4 is 40.9 Å². The molecule has 0 fully saturated rings. The molecule has 2 aromatic carbocycles. The van der Waals surface area contributed by atoms with Crippen molar-refractivity contribution in [3.63, 3.8) is 0 Å². The number of benzene rings is 2. The maximum absolute atomic E-state index is 5.61. The van der Waals surface area contributed by atoms with Crippen molar-refractivity contribution in [2.45, 2.75) is 13.8 Å². The number of ether oxygens (including phenoxy) is 1. The summed E-state index contributed by atoms with van der Waals surface area (Å²) in [7, 11) is 1.71. The Morgan fingerprint density at radius 2 is 1.81 bits per heavy atom. The third kappa shape index (κ3) is 4.72. The molecule has 4 rings (SSSR count). The number of nitrogens with one attached hydrogen (secondary N) is 2. The summed E-state index contributed by atoms with van der Waals surface area (Å²) < 4.78 is 5.61. The Hall–Kier alpha value is -3.73. The first-order valence-electron chi connectivity index (χ1n) is 10.6. The molecule has 0 saturated carbocycles. The lowest BCUT2D eigenvalue weighted by atomic mass is 10.1. The number of aromatic nitrogens is 3. The lowest BCUT2D eigenvalue weighted by molar-refractivity contribution is 0.414. The Morgan fingerprint density at radius 1 is 0.935 bits per heavy atom. The molecule has 0 radical (unpaired) electrons. The normalized spacial score (nSPS) is 11.7. The Kier molecular flexibility index (Phi) is 6.22. The molecule has 0 amide bonds. The highest BCUT2D eigenvalue weighted by Gasteiger charge is 2.06. The van der Waals surface area contributed by atoms with E-state index in [0.717, 1.165) is 46.9 Å². The van der Waals surface area contributed by atoms with Crippen molar-refractivity contribution < 1.29 is 4.74 Å². The lowest BCUT2D eigenvalue weighted by Gasteiger charge is -2.22. The number of rotatable bonds is 8. The summed E-state index contributed by atoms with van der Waals surface area (Å²) in [5.41, 5.74) is 6.29. The molecule has 4 aromatic rings. The van der Waals surface area contributed by atoms with Crippen LogP contribution in [0.3, 0.4) is 0 Å². The van der Waals surface area contributed by atoms with Gasteiger partial charge in [-0.05, 0) is 73.4 Å².